The van der Waals surface area contributed by atoms with Crippen molar-refractivity contribution in [3.63, 3.8) is 0 Å². The first-order valence-corrected chi connectivity index (χ1v) is 8.66. The first-order valence-electron chi connectivity index (χ1n) is 8.66. The van der Waals surface area contributed by atoms with Crippen LogP contribution in [-0.2, 0) is 28.7 Å². The number of nitrogens with zero attached hydrogens (tertiary/aromatic N) is 1. The summed E-state index contributed by atoms with van der Waals surface area (Å²) in [6.45, 7) is 10.6. The first kappa shape index (κ1) is 24.7. The number of aliphatic carboxylic acids is 1. The summed E-state index contributed by atoms with van der Waals surface area (Å²) in [5.41, 5.74) is -1.20. The largest absolute Gasteiger partial charge is 0.481 e. The van der Waals surface area contributed by atoms with E-state index in [1.54, 1.807) is 20.1 Å². The van der Waals surface area contributed by atoms with Gasteiger partial charge in [0, 0.05) is 11.6 Å². The molecule has 0 radical (unpaired) electrons. The van der Waals surface area contributed by atoms with Gasteiger partial charge >= 0.3 is 5.97 Å². The van der Waals surface area contributed by atoms with Crippen LogP contribution in [0.3, 0.4) is 0 Å². The van der Waals surface area contributed by atoms with E-state index in [1.165, 1.54) is 0 Å². The normalized spacial score (nSPS) is 12.7. The molecule has 3 N–H and O–H groups in total. The van der Waals surface area contributed by atoms with E-state index in [4.69, 9.17) is 24.9 Å². The average molecular weight is 378 g/mol. The molecule has 0 spiro atoms. The molecule has 0 aliphatic heterocycles. The zero-order valence-corrected chi connectivity index (χ0v) is 16.4. The Morgan fingerprint density at radius 1 is 0.923 bits per heavy atom. The van der Waals surface area contributed by atoms with Gasteiger partial charge in [-0.25, -0.2) is 5.90 Å². The number of ether oxygens (including phenoxy) is 3. The van der Waals surface area contributed by atoms with Crippen LogP contribution in [0.1, 0.15) is 34.1 Å². The maximum Gasteiger partial charge on any atom is 0.309 e. The van der Waals surface area contributed by atoms with Crippen LogP contribution in [0.25, 0.3) is 0 Å². The lowest BCUT2D eigenvalue weighted by molar-refractivity contribution is -0.148. The van der Waals surface area contributed by atoms with Crippen molar-refractivity contribution in [3.05, 3.63) is 0 Å². The Morgan fingerprint density at radius 3 is 1.85 bits per heavy atom. The highest BCUT2D eigenvalue weighted by Gasteiger charge is 2.33. The van der Waals surface area contributed by atoms with E-state index >= 15 is 0 Å². The third kappa shape index (κ3) is 14.0. The number of nitrogens with two attached hydrogens (primary N) is 1. The van der Waals surface area contributed by atoms with Crippen molar-refractivity contribution in [2.24, 2.45) is 21.9 Å². The molecule has 0 saturated carbocycles. The number of carboxylic acid groups (broad SMARTS) is 1. The number of carbonyl (C=O) groups is 1. The highest BCUT2D eigenvalue weighted by molar-refractivity contribution is 5.75. The maximum absolute atomic E-state index is 11.2. The Labute approximate surface area is 155 Å². The van der Waals surface area contributed by atoms with Crippen LogP contribution in [0.4, 0.5) is 0 Å². The molecule has 0 amide bonds. The number of oxime groups is 1. The molecule has 0 heterocycles. The summed E-state index contributed by atoms with van der Waals surface area (Å²) < 4.78 is 15.8. The van der Waals surface area contributed by atoms with E-state index in [0.29, 0.717) is 59.3 Å². The SMILES string of the molecule is CC(C)(C=NOCCOCCOCCOCCON)CC(C)(C)C(=O)O. The van der Waals surface area contributed by atoms with Crippen molar-refractivity contribution in [2.45, 2.75) is 34.1 Å². The topological polar surface area (TPSA) is 122 Å². The highest BCUT2D eigenvalue weighted by atomic mass is 16.6. The molecule has 0 aromatic carbocycles. The fourth-order valence-electron chi connectivity index (χ4n) is 2.24. The van der Waals surface area contributed by atoms with Gasteiger partial charge in [0.1, 0.15) is 6.61 Å². The zero-order valence-electron chi connectivity index (χ0n) is 16.4. The molecule has 0 saturated heterocycles. The Hall–Kier alpha value is -1.26. The van der Waals surface area contributed by atoms with Gasteiger partial charge in [-0.1, -0.05) is 19.0 Å². The first-order chi connectivity index (χ1) is 12.2. The molecule has 0 rings (SSSR count). The Kier molecular flexibility index (Phi) is 13.2. The average Bonchev–Trinajstić information content (AvgIpc) is 2.54. The molecule has 154 valence electrons. The number of hydrogen-bond acceptors (Lipinski definition) is 8. The summed E-state index contributed by atoms with van der Waals surface area (Å²) in [6, 6.07) is 0. The van der Waals surface area contributed by atoms with Crippen molar-refractivity contribution in [1.82, 2.24) is 0 Å². The van der Waals surface area contributed by atoms with Crippen molar-refractivity contribution in [2.75, 3.05) is 52.9 Å². The number of hydrogen-bond donors (Lipinski definition) is 2. The molecular weight excluding hydrogens is 344 g/mol. The molecule has 0 aromatic rings. The molecular formula is C17H34N2O7. The van der Waals surface area contributed by atoms with Gasteiger partial charge in [-0.15, -0.1) is 0 Å². The van der Waals surface area contributed by atoms with E-state index in [2.05, 4.69) is 9.99 Å². The van der Waals surface area contributed by atoms with Crippen molar-refractivity contribution in [1.29, 1.82) is 0 Å². The summed E-state index contributed by atoms with van der Waals surface area (Å²) in [4.78, 5) is 20.7. The fraction of sp³-hybridized carbons (Fsp3) is 0.882. The van der Waals surface area contributed by atoms with Crippen LogP contribution in [0.2, 0.25) is 0 Å². The van der Waals surface area contributed by atoms with Gasteiger partial charge in [-0.3, -0.25) is 4.79 Å². The zero-order chi connectivity index (χ0) is 19.9. The summed E-state index contributed by atoms with van der Waals surface area (Å²) in [6.07, 6.45) is 2.09. The molecule has 0 aliphatic carbocycles. The summed E-state index contributed by atoms with van der Waals surface area (Å²) in [7, 11) is 0. The number of rotatable bonds is 17. The molecule has 0 aromatic heterocycles. The molecule has 0 atom stereocenters. The van der Waals surface area contributed by atoms with Gasteiger partial charge in [0.15, 0.2) is 0 Å². The second-order valence-electron chi connectivity index (χ2n) is 7.13. The van der Waals surface area contributed by atoms with Crippen molar-refractivity contribution >= 4 is 12.2 Å². The minimum atomic E-state index is -0.827. The van der Waals surface area contributed by atoms with Gasteiger partial charge in [-0.2, -0.15) is 0 Å². The van der Waals surface area contributed by atoms with Crippen molar-refractivity contribution in [3.8, 4) is 0 Å². The molecule has 26 heavy (non-hydrogen) atoms. The van der Waals surface area contributed by atoms with Gasteiger partial charge in [-0.05, 0) is 20.3 Å². The van der Waals surface area contributed by atoms with Crippen LogP contribution in [0, 0.1) is 10.8 Å². The summed E-state index contributed by atoms with van der Waals surface area (Å²) in [5, 5.41) is 13.1. The van der Waals surface area contributed by atoms with E-state index < -0.39 is 11.4 Å². The van der Waals surface area contributed by atoms with E-state index in [-0.39, 0.29) is 5.41 Å². The highest BCUT2D eigenvalue weighted by Crippen LogP contribution is 2.32. The summed E-state index contributed by atoms with van der Waals surface area (Å²) >= 11 is 0. The maximum atomic E-state index is 11.2. The molecule has 0 fully saturated rings. The van der Waals surface area contributed by atoms with E-state index in [0.717, 1.165) is 0 Å². The Bertz CT molecular complexity index is 401. The van der Waals surface area contributed by atoms with Crippen molar-refractivity contribution < 1.29 is 33.8 Å². The lowest BCUT2D eigenvalue weighted by Crippen LogP contribution is -2.31. The van der Waals surface area contributed by atoms with Gasteiger partial charge in [0.25, 0.3) is 0 Å². The Balaban J connectivity index is 3.59. The minimum Gasteiger partial charge on any atom is -0.481 e. The molecule has 0 aliphatic rings. The smallest absolute Gasteiger partial charge is 0.309 e. The Morgan fingerprint density at radius 2 is 1.38 bits per heavy atom. The van der Waals surface area contributed by atoms with Crippen LogP contribution in [0.5, 0.6) is 0 Å². The molecule has 9 nitrogen and oxygen atoms in total. The predicted molar refractivity (Wildman–Crippen MR) is 96.9 cm³/mol. The van der Waals surface area contributed by atoms with Crippen LogP contribution < -0.4 is 5.90 Å². The van der Waals surface area contributed by atoms with Crippen LogP contribution in [0.15, 0.2) is 5.16 Å². The predicted octanol–water partition coefficient (Wildman–Crippen LogP) is 1.46. The second-order valence-corrected chi connectivity index (χ2v) is 7.13. The molecule has 0 bridgehead atoms. The van der Waals surface area contributed by atoms with Gasteiger partial charge in [0.2, 0.25) is 0 Å². The van der Waals surface area contributed by atoms with Crippen LogP contribution >= 0.6 is 0 Å². The van der Waals surface area contributed by atoms with Gasteiger partial charge < -0.3 is 29.0 Å². The summed E-state index contributed by atoms with van der Waals surface area (Å²) in [5.74, 6) is 4.03. The fourth-order valence-corrected chi connectivity index (χ4v) is 2.24. The third-order valence-corrected chi connectivity index (χ3v) is 3.36. The molecule has 9 heteroatoms. The lowest BCUT2D eigenvalue weighted by Gasteiger charge is -2.28. The monoisotopic (exact) mass is 378 g/mol. The molecule has 0 unspecified atom stereocenters. The van der Waals surface area contributed by atoms with Crippen LogP contribution in [-0.4, -0.2) is 70.1 Å². The quantitative estimate of drug-likeness (QED) is 0.222. The van der Waals surface area contributed by atoms with E-state index in [1.807, 2.05) is 13.8 Å². The second kappa shape index (κ2) is 13.9. The number of carboxylic acids is 1. The minimum absolute atomic E-state index is 0.317. The lowest BCUT2D eigenvalue weighted by atomic mass is 9.76. The third-order valence-electron chi connectivity index (χ3n) is 3.36. The standard InChI is InChI=1S/C17H34N2O7/c1-16(2,13-17(3,4)15(20)21)14-19-26-12-10-24-8-6-22-5-7-23-9-11-25-18/h14H,5-13,18H2,1-4H3,(H,20,21). The van der Waals surface area contributed by atoms with Gasteiger partial charge in [0.05, 0.1) is 51.7 Å². The van der Waals surface area contributed by atoms with E-state index in [9.17, 15) is 9.90 Å².